The van der Waals surface area contributed by atoms with Gasteiger partial charge in [0.25, 0.3) is 0 Å². The number of aldehydes is 1. The number of aromatic carboxylic acids is 1. The first-order valence-corrected chi connectivity index (χ1v) is 5.99. The summed E-state index contributed by atoms with van der Waals surface area (Å²) in [4.78, 5) is 30.2. The number of pyridine rings is 2. The summed E-state index contributed by atoms with van der Waals surface area (Å²) >= 11 is 0. The third kappa shape index (κ3) is 2.87. The van der Waals surface area contributed by atoms with Gasteiger partial charge in [0.15, 0.2) is 12.0 Å². The molecule has 0 saturated carbocycles. The molecular formula is C14H12N2O5. The van der Waals surface area contributed by atoms with Crippen LogP contribution in [0.2, 0.25) is 0 Å². The van der Waals surface area contributed by atoms with E-state index in [1.807, 2.05) is 0 Å². The Morgan fingerprint density at radius 2 is 2.19 bits per heavy atom. The average molecular weight is 288 g/mol. The minimum absolute atomic E-state index is 0.0813. The standard InChI is InChI=1S/C14H12N2O5/c1-8-12(11(7-18)9(6-17)5-16-8)21-13-10(14(19)20)3-2-4-15-13/h2-5,7,17H,6H2,1H3,(H,19,20). The number of carbonyl (C=O) groups excluding carboxylic acids is 1. The molecule has 0 bridgehead atoms. The molecule has 108 valence electrons. The van der Waals surface area contributed by atoms with Crippen molar-refractivity contribution in [2.75, 3.05) is 0 Å². The van der Waals surface area contributed by atoms with Crippen LogP contribution in [0.4, 0.5) is 0 Å². The van der Waals surface area contributed by atoms with Crippen LogP contribution in [0.3, 0.4) is 0 Å². The molecule has 7 heteroatoms. The number of carboxylic acids is 1. The maximum absolute atomic E-state index is 11.2. The second kappa shape index (κ2) is 6.10. The summed E-state index contributed by atoms with van der Waals surface area (Å²) < 4.78 is 5.47. The van der Waals surface area contributed by atoms with Crippen LogP contribution in [0.5, 0.6) is 11.6 Å². The molecule has 0 radical (unpaired) electrons. The number of hydrogen-bond acceptors (Lipinski definition) is 6. The molecule has 2 aromatic heterocycles. The second-order valence-electron chi connectivity index (χ2n) is 4.15. The van der Waals surface area contributed by atoms with E-state index in [0.29, 0.717) is 17.5 Å². The van der Waals surface area contributed by atoms with Crippen LogP contribution in [0.25, 0.3) is 0 Å². The number of carbonyl (C=O) groups is 2. The number of ether oxygens (including phenoxy) is 1. The van der Waals surface area contributed by atoms with E-state index in [4.69, 9.17) is 9.84 Å². The van der Waals surface area contributed by atoms with E-state index < -0.39 is 5.97 Å². The fourth-order valence-corrected chi connectivity index (χ4v) is 1.76. The van der Waals surface area contributed by atoms with Gasteiger partial charge in [-0.3, -0.25) is 9.78 Å². The first kappa shape index (κ1) is 14.6. The van der Waals surface area contributed by atoms with Crippen LogP contribution >= 0.6 is 0 Å². The Morgan fingerprint density at radius 1 is 1.43 bits per heavy atom. The van der Waals surface area contributed by atoms with Crippen molar-refractivity contribution >= 4 is 12.3 Å². The summed E-state index contributed by atoms with van der Waals surface area (Å²) in [6, 6.07) is 2.80. The fraction of sp³-hybridized carbons (Fsp3) is 0.143. The minimum Gasteiger partial charge on any atom is -0.477 e. The van der Waals surface area contributed by atoms with E-state index in [1.165, 1.54) is 24.5 Å². The van der Waals surface area contributed by atoms with Gasteiger partial charge in [0.2, 0.25) is 5.88 Å². The minimum atomic E-state index is -1.20. The zero-order valence-electron chi connectivity index (χ0n) is 11.1. The van der Waals surface area contributed by atoms with E-state index in [0.717, 1.165) is 0 Å². The Balaban J connectivity index is 2.54. The average Bonchev–Trinajstić information content (AvgIpc) is 2.49. The van der Waals surface area contributed by atoms with E-state index >= 15 is 0 Å². The van der Waals surface area contributed by atoms with Crippen molar-refractivity contribution in [3.8, 4) is 11.6 Å². The number of aliphatic hydroxyl groups is 1. The van der Waals surface area contributed by atoms with Crippen molar-refractivity contribution in [2.24, 2.45) is 0 Å². The molecule has 0 aliphatic rings. The number of hydrogen-bond donors (Lipinski definition) is 2. The molecule has 2 heterocycles. The van der Waals surface area contributed by atoms with Gasteiger partial charge in [0, 0.05) is 18.0 Å². The molecule has 0 aliphatic heterocycles. The molecule has 0 saturated heterocycles. The lowest BCUT2D eigenvalue weighted by Gasteiger charge is -2.13. The summed E-state index contributed by atoms with van der Waals surface area (Å²) in [6.45, 7) is 1.22. The monoisotopic (exact) mass is 288 g/mol. The molecular weight excluding hydrogens is 276 g/mol. The van der Waals surface area contributed by atoms with Gasteiger partial charge in [-0.2, -0.15) is 0 Å². The summed E-state index contributed by atoms with van der Waals surface area (Å²) in [6.07, 6.45) is 3.27. The van der Waals surface area contributed by atoms with Crippen molar-refractivity contribution in [3.63, 3.8) is 0 Å². The molecule has 0 atom stereocenters. The van der Waals surface area contributed by atoms with Gasteiger partial charge < -0.3 is 14.9 Å². The lowest BCUT2D eigenvalue weighted by Crippen LogP contribution is -2.06. The molecule has 0 fully saturated rings. The quantitative estimate of drug-likeness (QED) is 0.804. The van der Waals surface area contributed by atoms with Gasteiger partial charge in [-0.25, -0.2) is 9.78 Å². The largest absolute Gasteiger partial charge is 0.477 e. The predicted molar refractivity (Wildman–Crippen MR) is 71.6 cm³/mol. The Morgan fingerprint density at radius 3 is 2.81 bits per heavy atom. The highest BCUT2D eigenvalue weighted by Crippen LogP contribution is 2.29. The molecule has 0 spiro atoms. The van der Waals surface area contributed by atoms with Gasteiger partial charge in [0.05, 0.1) is 17.9 Å². The first-order chi connectivity index (χ1) is 10.1. The number of aliphatic hydroxyl groups excluding tert-OH is 1. The number of rotatable bonds is 5. The molecule has 2 N–H and O–H groups in total. The molecule has 0 aromatic carbocycles. The van der Waals surface area contributed by atoms with Crippen LogP contribution in [0.1, 0.15) is 32.0 Å². The molecule has 2 aromatic rings. The van der Waals surface area contributed by atoms with Crippen LogP contribution in [0.15, 0.2) is 24.5 Å². The van der Waals surface area contributed by atoms with Crippen LogP contribution < -0.4 is 4.74 Å². The summed E-state index contributed by atoms with van der Waals surface area (Å²) in [5.74, 6) is -1.26. The Hall–Kier alpha value is -2.80. The normalized spacial score (nSPS) is 10.2. The highest BCUT2D eigenvalue weighted by molar-refractivity contribution is 5.90. The molecule has 7 nitrogen and oxygen atoms in total. The van der Waals surface area contributed by atoms with Gasteiger partial charge >= 0.3 is 5.97 Å². The summed E-state index contributed by atoms with van der Waals surface area (Å²) in [5.41, 5.74) is 0.657. The maximum Gasteiger partial charge on any atom is 0.341 e. The van der Waals surface area contributed by atoms with Crippen molar-refractivity contribution in [1.82, 2.24) is 9.97 Å². The van der Waals surface area contributed by atoms with Crippen LogP contribution in [-0.4, -0.2) is 32.4 Å². The SMILES string of the molecule is Cc1ncc(CO)c(C=O)c1Oc1ncccc1C(=O)O. The molecule has 0 amide bonds. The molecule has 21 heavy (non-hydrogen) atoms. The lowest BCUT2D eigenvalue weighted by molar-refractivity contribution is 0.0693. The number of nitrogens with zero attached hydrogens (tertiary/aromatic N) is 2. The van der Waals surface area contributed by atoms with Crippen LogP contribution in [0, 0.1) is 6.92 Å². The van der Waals surface area contributed by atoms with E-state index in [9.17, 15) is 14.7 Å². The second-order valence-corrected chi connectivity index (χ2v) is 4.15. The van der Waals surface area contributed by atoms with Crippen molar-refractivity contribution in [1.29, 1.82) is 0 Å². The maximum atomic E-state index is 11.2. The Kier molecular flexibility index (Phi) is 4.24. The summed E-state index contributed by atoms with van der Waals surface area (Å²) in [5, 5.41) is 18.3. The predicted octanol–water partition coefficient (Wildman–Crippen LogP) is 1.58. The fourth-order valence-electron chi connectivity index (χ4n) is 1.76. The highest BCUT2D eigenvalue weighted by atomic mass is 16.5. The Bertz CT molecular complexity index is 700. The zero-order chi connectivity index (χ0) is 15.4. The number of aryl methyl sites for hydroxylation is 1. The number of aromatic nitrogens is 2. The van der Waals surface area contributed by atoms with Crippen molar-refractivity contribution < 1.29 is 24.5 Å². The molecule has 2 rings (SSSR count). The van der Waals surface area contributed by atoms with Gasteiger partial charge in [-0.05, 0) is 19.1 Å². The third-order valence-corrected chi connectivity index (χ3v) is 2.82. The topological polar surface area (TPSA) is 110 Å². The summed E-state index contributed by atoms with van der Waals surface area (Å²) in [7, 11) is 0. The third-order valence-electron chi connectivity index (χ3n) is 2.82. The van der Waals surface area contributed by atoms with Gasteiger partial charge in [-0.15, -0.1) is 0 Å². The highest BCUT2D eigenvalue weighted by Gasteiger charge is 2.18. The number of carboxylic acid groups (broad SMARTS) is 1. The first-order valence-electron chi connectivity index (χ1n) is 5.99. The molecule has 0 aliphatic carbocycles. The lowest BCUT2D eigenvalue weighted by atomic mass is 10.1. The van der Waals surface area contributed by atoms with Crippen molar-refractivity contribution in [2.45, 2.75) is 13.5 Å². The van der Waals surface area contributed by atoms with Crippen molar-refractivity contribution in [3.05, 3.63) is 46.9 Å². The zero-order valence-corrected chi connectivity index (χ0v) is 11.1. The molecule has 0 unspecified atom stereocenters. The van der Waals surface area contributed by atoms with E-state index in [2.05, 4.69) is 9.97 Å². The van der Waals surface area contributed by atoms with E-state index in [-0.39, 0.29) is 29.4 Å². The smallest absolute Gasteiger partial charge is 0.341 e. The van der Waals surface area contributed by atoms with E-state index in [1.54, 1.807) is 6.92 Å². The van der Waals surface area contributed by atoms with Gasteiger partial charge in [-0.1, -0.05) is 0 Å². The van der Waals surface area contributed by atoms with Crippen LogP contribution in [-0.2, 0) is 6.61 Å². The Labute approximate surface area is 119 Å². The van der Waals surface area contributed by atoms with Gasteiger partial charge in [0.1, 0.15) is 5.56 Å².